The van der Waals surface area contributed by atoms with E-state index in [1.807, 2.05) is 6.07 Å². The van der Waals surface area contributed by atoms with Gasteiger partial charge in [-0.05, 0) is 10.5 Å². The van der Waals surface area contributed by atoms with Crippen molar-refractivity contribution in [3.63, 3.8) is 0 Å². The summed E-state index contributed by atoms with van der Waals surface area (Å²) in [5.74, 6) is -0.471. The van der Waals surface area contributed by atoms with Crippen molar-refractivity contribution in [2.24, 2.45) is 0 Å². The molecule has 1 aromatic rings. The molecule has 1 aromatic carbocycles. The molecule has 1 N–H and O–H groups in total. The quantitative estimate of drug-likeness (QED) is 0.311. The van der Waals surface area contributed by atoms with Crippen molar-refractivity contribution >= 4 is 5.84 Å². The zero-order valence-electron chi connectivity index (χ0n) is 6.36. The molecule has 0 radical (unpaired) electrons. The van der Waals surface area contributed by atoms with E-state index in [0.717, 1.165) is 5.56 Å². The van der Waals surface area contributed by atoms with E-state index in [1.165, 1.54) is 0 Å². The van der Waals surface area contributed by atoms with Crippen molar-refractivity contribution in [1.29, 1.82) is 5.41 Å². The van der Waals surface area contributed by atoms with Crippen LogP contribution in [0.4, 0.5) is 0 Å². The molecule has 4 nitrogen and oxygen atoms in total. The van der Waals surface area contributed by atoms with Gasteiger partial charge in [0, 0.05) is 0 Å². The first-order chi connectivity index (χ1) is 5.70. The van der Waals surface area contributed by atoms with Crippen LogP contribution in [0.5, 0.6) is 0 Å². The van der Waals surface area contributed by atoms with Crippen LogP contribution < -0.4 is 0 Å². The number of amidine groups is 1. The number of hydrogen-bond donors (Lipinski definition) is 1. The lowest BCUT2D eigenvalue weighted by Crippen LogP contribution is -2.12. The summed E-state index contributed by atoms with van der Waals surface area (Å²) < 4.78 is 0. The van der Waals surface area contributed by atoms with Gasteiger partial charge in [0.1, 0.15) is 0 Å². The maximum absolute atomic E-state index is 10.1. The van der Waals surface area contributed by atoms with Gasteiger partial charge in [-0.1, -0.05) is 30.3 Å². The van der Waals surface area contributed by atoms with Crippen LogP contribution in [0.25, 0.3) is 0 Å². The number of nitro groups is 1. The van der Waals surface area contributed by atoms with Crippen LogP contribution in [0.2, 0.25) is 0 Å². The van der Waals surface area contributed by atoms with Crippen LogP contribution in [0, 0.1) is 15.5 Å². The third-order valence-electron chi connectivity index (χ3n) is 1.43. The minimum atomic E-state index is -0.674. The van der Waals surface area contributed by atoms with Crippen LogP contribution >= 0.6 is 0 Å². The Balaban J connectivity index is 2.65. The highest BCUT2D eigenvalue weighted by atomic mass is 16.6. The number of benzene rings is 1. The first-order valence-electron chi connectivity index (χ1n) is 3.46. The van der Waals surface area contributed by atoms with E-state index in [-0.39, 0.29) is 6.42 Å². The van der Waals surface area contributed by atoms with E-state index in [0.29, 0.717) is 0 Å². The highest BCUT2D eigenvalue weighted by Crippen LogP contribution is 2.00. The number of nitrogens with zero attached hydrogens (tertiary/aromatic N) is 1. The molecule has 62 valence electrons. The van der Waals surface area contributed by atoms with Crippen LogP contribution in [-0.2, 0) is 6.42 Å². The van der Waals surface area contributed by atoms with Gasteiger partial charge in [0.05, 0.1) is 6.42 Å². The van der Waals surface area contributed by atoms with Gasteiger partial charge >= 0.3 is 5.84 Å². The van der Waals surface area contributed by atoms with Gasteiger partial charge in [-0.25, -0.2) is 0 Å². The second-order valence-electron chi connectivity index (χ2n) is 2.37. The molecule has 0 amide bonds. The largest absolute Gasteiger partial charge is 0.358 e. The Labute approximate surface area is 69.5 Å². The van der Waals surface area contributed by atoms with Crippen LogP contribution in [-0.4, -0.2) is 10.8 Å². The van der Waals surface area contributed by atoms with E-state index >= 15 is 0 Å². The van der Waals surface area contributed by atoms with Crippen LogP contribution in [0.1, 0.15) is 5.56 Å². The molecule has 0 atom stereocenters. The Kier molecular flexibility index (Phi) is 2.53. The third-order valence-corrected chi connectivity index (χ3v) is 1.43. The average Bonchev–Trinajstić information content (AvgIpc) is 2.06. The van der Waals surface area contributed by atoms with Gasteiger partial charge in [-0.3, -0.25) is 0 Å². The fourth-order valence-corrected chi connectivity index (χ4v) is 0.854. The molecule has 0 aromatic heterocycles. The van der Waals surface area contributed by atoms with Gasteiger partial charge in [-0.15, -0.1) is 5.41 Å². The van der Waals surface area contributed by atoms with Crippen molar-refractivity contribution in [2.45, 2.75) is 6.42 Å². The third kappa shape index (κ3) is 2.16. The molecule has 12 heavy (non-hydrogen) atoms. The average molecular weight is 164 g/mol. The van der Waals surface area contributed by atoms with E-state index in [2.05, 4.69) is 0 Å². The Morgan fingerprint density at radius 2 is 2.00 bits per heavy atom. The molecule has 0 unspecified atom stereocenters. The zero-order valence-corrected chi connectivity index (χ0v) is 6.36. The molecule has 0 aliphatic rings. The second-order valence-corrected chi connectivity index (χ2v) is 2.37. The SMILES string of the molecule is N=C(Cc1ccccc1)[N+](=O)[O-]. The van der Waals surface area contributed by atoms with Crippen molar-refractivity contribution in [3.05, 3.63) is 46.0 Å². The Morgan fingerprint density at radius 3 is 2.50 bits per heavy atom. The molecule has 0 saturated heterocycles. The fourth-order valence-electron chi connectivity index (χ4n) is 0.854. The van der Waals surface area contributed by atoms with Gasteiger partial charge in [0.2, 0.25) is 0 Å². The molecule has 0 spiro atoms. The molecule has 0 bridgehead atoms. The van der Waals surface area contributed by atoms with Crippen molar-refractivity contribution < 1.29 is 4.92 Å². The van der Waals surface area contributed by atoms with E-state index in [1.54, 1.807) is 24.3 Å². The zero-order chi connectivity index (χ0) is 8.97. The summed E-state index contributed by atoms with van der Waals surface area (Å²) in [4.78, 5) is 9.41. The summed E-state index contributed by atoms with van der Waals surface area (Å²) in [7, 11) is 0. The molecular formula is C8H8N2O2. The maximum Gasteiger partial charge on any atom is 0.335 e. The van der Waals surface area contributed by atoms with Gasteiger partial charge in [0.15, 0.2) is 0 Å². The number of nitrogens with one attached hydrogen (secondary N) is 1. The maximum atomic E-state index is 10.1. The lowest BCUT2D eigenvalue weighted by atomic mass is 10.1. The van der Waals surface area contributed by atoms with E-state index < -0.39 is 10.8 Å². The van der Waals surface area contributed by atoms with E-state index in [4.69, 9.17) is 5.41 Å². The molecule has 0 aliphatic carbocycles. The van der Waals surface area contributed by atoms with Crippen LogP contribution in [0.15, 0.2) is 30.3 Å². The van der Waals surface area contributed by atoms with Crippen molar-refractivity contribution in [3.8, 4) is 0 Å². The minimum Gasteiger partial charge on any atom is -0.358 e. The monoisotopic (exact) mass is 164 g/mol. The predicted molar refractivity (Wildman–Crippen MR) is 44.9 cm³/mol. The molecule has 0 heterocycles. The molecule has 1 rings (SSSR count). The lowest BCUT2D eigenvalue weighted by Gasteiger charge is -1.96. The molecule has 0 fully saturated rings. The lowest BCUT2D eigenvalue weighted by molar-refractivity contribution is -0.354. The van der Waals surface area contributed by atoms with Crippen LogP contribution in [0.3, 0.4) is 0 Å². The van der Waals surface area contributed by atoms with Gasteiger partial charge in [-0.2, -0.15) is 0 Å². The number of hydrogen-bond acceptors (Lipinski definition) is 3. The van der Waals surface area contributed by atoms with Crippen molar-refractivity contribution in [1.82, 2.24) is 0 Å². The summed E-state index contributed by atoms with van der Waals surface area (Å²) >= 11 is 0. The Hall–Kier alpha value is -1.71. The standard InChI is InChI=1S/C8H8N2O2/c9-8(10(11)12)6-7-4-2-1-3-5-7/h1-5,9H,6H2. The first-order valence-corrected chi connectivity index (χ1v) is 3.46. The molecule has 0 aliphatic heterocycles. The first kappa shape index (κ1) is 8.39. The van der Waals surface area contributed by atoms with Crippen molar-refractivity contribution in [2.75, 3.05) is 0 Å². The summed E-state index contributed by atoms with van der Waals surface area (Å²) in [6.07, 6.45) is 0.0911. The summed E-state index contributed by atoms with van der Waals surface area (Å²) in [6, 6.07) is 8.94. The fraction of sp³-hybridized carbons (Fsp3) is 0.125. The van der Waals surface area contributed by atoms with E-state index in [9.17, 15) is 10.1 Å². The van der Waals surface area contributed by atoms with Gasteiger partial charge in [0.25, 0.3) is 0 Å². The second kappa shape index (κ2) is 3.61. The highest BCUT2D eigenvalue weighted by Gasteiger charge is 2.07. The Bertz CT molecular complexity index is 295. The predicted octanol–water partition coefficient (Wildman–Crippen LogP) is 1.48. The minimum absolute atomic E-state index is 0.0911. The molecule has 0 saturated carbocycles. The number of rotatable bonds is 2. The summed E-state index contributed by atoms with van der Waals surface area (Å²) in [6.45, 7) is 0. The topological polar surface area (TPSA) is 67.0 Å². The Morgan fingerprint density at radius 1 is 1.42 bits per heavy atom. The highest BCUT2D eigenvalue weighted by molar-refractivity contribution is 5.73. The van der Waals surface area contributed by atoms with Gasteiger partial charge < -0.3 is 10.1 Å². The summed E-state index contributed by atoms with van der Waals surface area (Å²) in [5.41, 5.74) is 0.791. The summed E-state index contributed by atoms with van der Waals surface area (Å²) in [5, 5.41) is 17.1. The molecular weight excluding hydrogens is 156 g/mol. The normalized spacial score (nSPS) is 9.33. The smallest absolute Gasteiger partial charge is 0.335 e. The molecule has 4 heteroatoms.